The molecule has 0 aliphatic carbocycles. The van der Waals surface area contributed by atoms with Gasteiger partial charge in [0, 0.05) is 0 Å². The maximum atomic E-state index is 11.2. The fourth-order valence-corrected chi connectivity index (χ4v) is 1.37. The van der Waals surface area contributed by atoms with Gasteiger partial charge in [-0.2, -0.15) is 0 Å². The predicted molar refractivity (Wildman–Crippen MR) is 64.0 cm³/mol. The number of carbonyl (C=O) groups excluding carboxylic acids is 1. The Morgan fingerprint density at radius 3 is 2.69 bits per heavy atom. The Morgan fingerprint density at radius 2 is 2.06 bits per heavy atom. The fourth-order valence-electron chi connectivity index (χ4n) is 1.37. The monoisotopic (exact) mass is 221 g/mol. The van der Waals surface area contributed by atoms with Crippen LogP contribution in [0.15, 0.2) is 30.3 Å². The van der Waals surface area contributed by atoms with Gasteiger partial charge in [0.2, 0.25) is 0 Å². The zero-order chi connectivity index (χ0) is 11.8. The fraction of sp³-hybridized carbons (Fsp3) is 0.462. The number of carbonyl (C=O) groups is 1. The summed E-state index contributed by atoms with van der Waals surface area (Å²) < 4.78 is 5.05. The maximum Gasteiger partial charge on any atom is 0.322 e. The van der Waals surface area contributed by atoms with Gasteiger partial charge in [-0.3, -0.25) is 4.79 Å². The number of benzene rings is 1. The first-order valence-electron chi connectivity index (χ1n) is 5.70. The van der Waals surface area contributed by atoms with E-state index in [0.29, 0.717) is 13.0 Å². The quantitative estimate of drug-likeness (QED) is 0.589. The molecular formula is C13H19NO2. The van der Waals surface area contributed by atoms with Gasteiger partial charge in [0.05, 0.1) is 6.61 Å². The number of esters is 1. The van der Waals surface area contributed by atoms with Crippen molar-refractivity contribution in [3.8, 4) is 0 Å². The summed E-state index contributed by atoms with van der Waals surface area (Å²) in [7, 11) is 0. The van der Waals surface area contributed by atoms with E-state index in [0.717, 1.165) is 12.8 Å². The molecule has 0 aliphatic heterocycles. The van der Waals surface area contributed by atoms with Crippen molar-refractivity contribution in [3.63, 3.8) is 0 Å². The number of hydrogen-bond donors (Lipinski definition) is 1. The molecule has 1 aromatic carbocycles. The molecule has 2 N–H and O–H groups in total. The van der Waals surface area contributed by atoms with Crippen LogP contribution in [0.3, 0.4) is 0 Å². The molecule has 0 heterocycles. The molecule has 0 saturated heterocycles. The van der Waals surface area contributed by atoms with Gasteiger partial charge in [0.25, 0.3) is 0 Å². The molecule has 0 bridgehead atoms. The molecule has 0 fully saturated rings. The van der Waals surface area contributed by atoms with E-state index in [1.165, 1.54) is 5.56 Å². The summed E-state index contributed by atoms with van der Waals surface area (Å²) in [5.74, 6) is -0.296. The SMILES string of the molecule is CCC(N)C(=O)OCCCc1ccccc1. The standard InChI is InChI=1S/C13H19NO2/c1-2-12(14)13(15)16-10-6-9-11-7-4-3-5-8-11/h3-5,7-8,12H,2,6,9-10,14H2,1H3. The third kappa shape index (κ3) is 4.45. The van der Waals surface area contributed by atoms with E-state index in [1.807, 2.05) is 25.1 Å². The summed E-state index contributed by atoms with van der Waals surface area (Å²) in [6.07, 6.45) is 2.39. The van der Waals surface area contributed by atoms with Crippen LogP contribution in [0.5, 0.6) is 0 Å². The number of nitrogens with two attached hydrogens (primary N) is 1. The highest BCUT2D eigenvalue weighted by molar-refractivity contribution is 5.75. The lowest BCUT2D eigenvalue weighted by molar-refractivity contribution is -0.145. The van der Waals surface area contributed by atoms with Crippen molar-refractivity contribution in [3.05, 3.63) is 35.9 Å². The van der Waals surface area contributed by atoms with Gasteiger partial charge < -0.3 is 10.5 Å². The molecule has 0 spiro atoms. The van der Waals surface area contributed by atoms with E-state index in [2.05, 4.69) is 12.1 Å². The van der Waals surface area contributed by atoms with E-state index in [-0.39, 0.29) is 5.97 Å². The second kappa shape index (κ2) is 7.01. The van der Waals surface area contributed by atoms with Crippen molar-refractivity contribution in [1.29, 1.82) is 0 Å². The van der Waals surface area contributed by atoms with E-state index in [9.17, 15) is 4.79 Å². The molecule has 3 heteroatoms. The van der Waals surface area contributed by atoms with Gasteiger partial charge in [-0.05, 0) is 24.8 Å². The third-order valence-corrected chi connectivity index (χ3v) is 2.44. The lowest BCUT2D eigenvalue weighted by Crippen LogP contribution is -2.31. The van der Waals surface area contributed by atoms with Crippen LogP contribution in [-0.2, 0) is 16.0 Å². The summed E-state index contributed by atoms with van der Waals surface area (Å²) in [5, 5.41) is 0. The van der Waals surface area contributed by atoms with Crippen LogP contribution in [-0.4, -0.2) is 18.6 Å². The van der Waals surface area contributed by atoms with Gasteiger partial charge in [-0.15, -0.1) is 0 Å². The minimum absolute atomic E-state index is 0.296. The van der Waals surface area contributed by atoms with Crippen LogP contribution >= 0.6 is 0 Å². The number of ether oxygens (including phenoxy) is 1. The highest BCUT2D eigenvalue weighted by Crippen LogP contribution is 2.02. The molecule has 0 radical (unpaired) electrons. The molecule has 0 aliphatic rings. The Bertz CT molecular complexity index is 311. The Kier molecular flexibility index (Phi) is 5.57. The molecule has 1 aromatic rings. The van der Waals surface area contributed by atoms with E-state index >= 15 is 0 Å². The predicted octanol–water partition coefficient (Wildman–Crippen LogP) is 1.90. The Hall–Kier alpha value is -1.35. The minimum atomic E-state index is -0.475. The number of aryl methyl sites for hydroxylation is 1. The normalized spacial score (nSPS) is 12.1. The minimum Gasteiger partial charge on any atom is -0.465 e. The van der Waals surface area contributed by atoms with Crippen molar-refractivity contribution in [1.82, 2.24) is 0 Å². The first kappa shape index (κ1) is 12.7. The molecule has 3 nitrogen and oxygen atoms in total. The first-order valence-corrected chi connectivity index (χ1v) is 5.70. The summed E-state index contributed by atoms with van der Waals surface area (Å²) in [6, 6.07) is 9.67. The first-order chi connectivity index (χ1) is 7.74. The van der Waals surface area contributed by atoms with E-state index < -0.39 is 6.04 Å². The van der Waals surface area contributed by atoms with Crippen molar-refractivity contribution in [2.24, 2.45) is 5.73 Å². The molecule has 0 aromatic heterocycles. The van der Waals surface area contributed by atoms with Crippen LogP contribution in [0.25, 0.3) is 0 Å². The Balaban J connectivity index is 2.15. The van der Waals surface area contributed by atoms with Crippen molar-refractivity contribution in [2.45, 2.75) is 32.2 Å². The van der Waals surface area contributed by atoms with Crippen molar-refractivity contribution < 1.29 is 9.53 Å². The number of rotatable bonds is 6. The second-order valence-electron chi connectivity index (χ2n) is 3.77. The second-order valence-corrected chi connectivity index (χ2v) is 3.77. The third-order valence-electron chi connectivity index (χ3n) is 2.44. The highest BCUT2D eigenvalue weighted by Gasteiger charge is 2.11. The van der Waals surface area contributed by atoms with Crippen LogP contribution in [0.4, 0.5) is 0 Å². The molecule has 88 valence electrons. The molecule has 16 heavy (non-hydrogen) atoms. The summed E-state index contributed by atoms with van der Waals surface area (Å²) >= 11 is 0. The average Bonchev–Trinajstić information content (AvgIpc) is 2.34. The van der Waals surface area contributed by atoms with Crippen molar-refractivity contribution in [2.75, 3.05) is 6.61 Å². The van der Waals surface area contributed by atoms with E-state index in [4.69, 9.17) is 10.5 Å². The smallest absolute Gasteiger partial charge is 0.322 e. The lowest BCUT2D eigenvalue weighted by Gasteiger charge is -2.09. The molecule has 1 rings (SSSR count). The van der Waals surface area contributed by atoms with Gasteiger partial charge >= 0.3 is 5.97 Å². The summed E-state index contributed by atoms with van der Waals surface area (Å²) in [6.45, 7) is 2.32. The zero-order valence-corrected chi connectivity index (χ0v) is 9.69. The average molecular weight is 221 g/mol. The highest BCUT2D eigenvalue weighted by atomic mass is 16.5. The van der Waals surface area contributed by atoms with Gasteiger partial charge in [0.1, 0.15) is 6.04 Å². The van der Waals surface area contributed by atoms with Gasteiger partial charge in [0.15, 0.2) is 0 Å². The molecule has 1 atom stereocenters. The maximum absolute atomic E-state index is 11.2. The molecule has 0 saturated carbocycles. The summed E-state index contributed by atoms with van der Waals surface area (Å²) in [4.78, 5) is 11.2. The topological polar surface area (TPSA) is 52.3 Å². The van der Waals surface area contributed by atoms with Gasteiger partial charge in [-0.1, -0.05) is 37.3 Å². The van der Waals surface area contributed by atoms with Crippen LogP contribution in [0.1, 0.15) is 25.3 Å². The lowest BCUT2D eigenvalue weighted by atomic mass is 10.1. The molecule has 1 unspecified atom stereocenters. The largest absolute Gasteiger partial charge is 0.465 e. The van der Waals surface area contributed by atoms with Gasteiger partial charge in [-0.25, -0.2) is 0 Å². The Labute approximate surface area is 96.6 Å². The Morgan fingerprint density at radius 1 is 1.38 bits per heavy atom. The zero-order valence-electron chi connectivity index (χ0n) is 9.69. The summed E-state index contributed by atoms with van der Waals surface area (Å²) in [5.41, 5.74) is 6.80. The van der Waals surface area contributed by atoms with Crippen LogP contribution in [0.2, 0.25) is 0 Å². The molecular weight excluding hydrogens is 202 g/mol. The van der Waals surface area contributed by atoms with Crippen LogP contribution < -0.4 is 5.73 Å². The van der Waals surface area contributed by atoms with Crippen LogP contribution in [0, 0.1) is 0 Å². The van der Waals surface area contributed by atoms with Crippen molar-refractivity contribution >= 4 is 5.97 Å². The number of hydrogen-bond acceptors (Lipinski definition) is 3. The molecule has 0 amide bonds. The van der Waals surface area contributed by atoms with E-state index in [1.54, 1.807) is 0 Å².